The molecule has 152 valence electrons. The van der Waals surface area contributed by atoms with Gasteiger partial charge < -0.3 is 14.7 Å². The first-order valence-corrected chi connectivity index (χ1v) is 11.0. The monoisotopic (exact) mass is 426 g/mol. The molecule has 6 heteroatoms. The van der Waals surface area contributed by atoms with Crippen molar-refractivity contribution < 1.29 is 9.90 Å². The molecular formula is C23H26N2O2S2. The second-order valence-corrected chi connectivity index (χ2v) is 9.84. The number of nitrogens with zero attached hydrogens (tertiary/aromatic N) is 1. The van der Waals surface area contributed by atoms with E-state index in [2.05, 4.69) is 72.9 Å². The van der Waals surface area contributed by atoms with E-state index in [1.54, 1.807) is 11.4 Å². The molecule has 2 aromatic carbocycles. The van der Waals surface area contributed by atoms with Crippen molar-refractivity contribution in [3.05, 3.63) is 64.4 Å². The molecule has 2 N–H and O–H groups in total. The molecule has 0 unspecified atom stereocenters. The van der Waals surface area contributed by atoms with Gasteiger partial charge in [0.05, 0.1) is 5.69 Å². The Balaban J connectivity index is 1.97. The lowest BCUT2D eigenvalue weighted by molar-refractivity contribution is 0.0703. The number of thiophene rings is 1. The number of aromatic carboxylic acids is 1. The van der Waals surface area contributed by atoms with Gasteiger partial charge in [0.25, 0.3) is 0 Å². The van der Waals surface area contributed by atoms with Crippen LogP contribution in [0.5, 0.6) is 0 Å². The number of hydrogen-bond acceptors (Lipinski definition) is 5. The van der Waals surface area contributed by atoms with Crippen LogP contribution in [0.25, 0.3) is 11.1 Å². The van der Waals surface area contributed by atoms with Crippen LogP contribution in [-0.2, 0) is 5.41 Å². The molecule has 1 aromatic heterocycles. The minimum Gasteiger partial charge on any atom is -0.477 e. The van der Waals surface area contributed by atoms with Gasteiger partial charge in [-0.2, -0.15) is 0 Å². The fraction of sp³-hybridized carbons (Fsp3) is 0.261. The van der Waals surface area contributed by atoms with Crippen molar-refractivity contribution in [3.63, 3.8) is 0 Å². The molecule has 0 saturated heterocycles. The van der Waals surface area contributed by atoms with E-state index in [-0.39, 0.29) is 5.41 Å². The van der Waals surface area contributed by atoms with Crippen LogP contribution in [0, 0.1) is 0 Å². The first kappa shape index (κ1) is 21.3. The van der Waals surface area contributed by atoms with E-state index in [0.717, 1.165) is 21.7 Å². The van der Waals surface area contributed by atoms with E-state index < -0.39 is 5.97 Å². The molecular weight excluding hydrogens is 400 g/mol. The largest absolute Gasteiger partial charge is 0.477 e. The fourth-order valence-corrected chi connectivity index (χ4v) is 4.48. The maximum Gasteiger partial charge on any atom is 0.348 e. The predicted octanol–water partition coefficient (Wildman–Crippen LogP) is 6.60. The summed E-state index contributed by atoms with van der Waals surface area (Å²) in [6.45, 7) is 6.62. The van der Waals surface area contributed by atoms with Crippen molar-refractivity contribution in [1.29, 1.82) is 0 Å². The van der Waals surface area contributed by atoms with E-state index in [1.807, 2.05) is 14.1 Å². The molecule has 3 rings (SSSR count). The highest BCUT2D eigenvalue weighted by molar-refractivity contribution is 8.00. The Kier molecular flexibility index (Phi) is 6.24. The Morgan fingerprint density at radius 2 is 1.76 bits per heavy atom. The normalized spacial score (nSPS) is 11.3. The fourth-order valence-electron chi connectivity index (χ4n) is 2.92. The van der Waals surface area contributed by atoms with E-state index in [4.69, 9.17) is 0 Å². The van der Waals surface area contributed by atoms with Crippen molar-refractivity contribution >= 4 is 40.6 Å². The van der Waals surface area contributed by atoms with Crippen molar-refractivity contribution in [1.82, 2.24) is 0 Å². The van der Waals surface area contributed by atoms with Gasteiger partial charge in [-0.15, -0.1) is 11.3 Å². The summed E-state index contributed by atoms with van der Waals surface area (Å²) in [5.74, 6) is -0.911. The summed E-state index contributed by atoms with van der Waals surface area (Å²) in [5, 5.41) is 11.1. The lowest BCUT2D eigenvalue weighted by Crippen LogP contribution is -2.11. The smallest absolute Gasteiger partial charge is 0.348 e. The van der Waals surface area contributed by atoms with Crippen molar-refractivity contribution in [2.45, 2.75) is 31.1 Å². The highest BCUT2D eigenvalue weighted by atomic mass is 32.2. The van der Waals surface area contributed by atoms with Crippen LogP contribution in [0.4, 0.5) is 11.4 Å². The molecule has 0 aliphatic rings. The van der Waals surface area contributed by atoms with Gasteiger partial charge in [-0.25, -0.2) is 4.79 Å². The summed E-state index contributed by atoms with van der Waals surface area (Å²) in [7, 11) is 4.06. The minimum absolute atomic E-state index is 0.0405. The summed E-state index contributed by atoms with van der Waals surface area (Å²) < 4.78 is 3.23. The van der Waals surface area contributed by atoms with Gasteiger partial charge in [0.2, 0.25) is 0 Å². The van der Waals surface area contributed by atoms with Gasteiger partial charge >= 0.3 is 5.97 Å². The molecule has 0 amide bonds. The Morgan fingerprint density at radius 1 is 1.07 bits per heavy atom. The second-order valence-electron chi connectivity index (χ2n) is 8.07. The maximum absolute atomic E-state index is 11.4. The van der Waals surface area contributed by atoms with Crippen LogP contribution in [0.15, 0.2) is 58.8 Å². The van der Waals surface area contributed by atoms with Crippen molar-refractivity contribution in [2.24, 2.45) is 0 Å². The van der Waals surface area contributed by atoms with Crippen molar-refractivity contribution in [2.75, 3.05) is 23.7 Å². The van der Waals surface area contributed by atoms with Crippen molar-refractivity contribution in [3.8, 4) is 11.1 Å². The number of carboxylic acids is 1. The standard InChI is InChI=1S/C23H26N2O2S2/c1-23(2,3)16-8-11-20(29-24-19-12-13-28-21(19)22(26)27)18(14-16)15-6-9-17(10-7-15)25(4)5/h6-14,24H,1-5H3,(H,26,27). The molecule has 0 atom stereocenters. The van der Waals surface area contributed by atoms with E-state index in [0.29, 0.717) is 10.6 Å². The van der Waals surface area contributed by atoms with E-state index in [9.17, 15) is 9.90 Å². The number of anilines is 2. The zero-order chi connectivity index (χ0) is 21.2. The van der Waals surface area contributed by atoms with Crippen LogP contribution < -0.4 is 9.62 Å². The van der Waals surface area contributed by atoms with Gasteiger partial charge in [0, 0.05) is 24.7 Å². The molecule has 0 aliphatic carbocycles. The number of hydrogen-bond donors (Lipinski definition) is 2. The first-order chi connectivity index (χ1) is 13.7. The molecule has 1 heterocycles. The minimum atomic E-state index is -0.911. The SMILES string of the molecule is CN(C)c1ccc(-c2cc(C(C)(C)C)ccc2SNc2ccsc2C(=O)O)cc1. The second kappa shape index (κ2) is 8.51. The Labute approximate surface area is 180 Å². The van der Waals surface area contributed by atoms with Crippen LogP contribution in [-0.4, -0.2) is 25.2 Å². The number of carboxylic acid groups (broad SMARTS) is 1. The van der Waals surface area contributed by atoms with E-state index in [1.165, 1.54) is 28.8 Å². The average molecular weight is 427 g/mol. The van der Waals surface area contributed by atoms with Gasteiger partial charge in [0.15, 0.2) is 0 Å². The number of carbonyl (C=O) groups is 1. The molecule has 0 spiro atoms. The zero-order valence-electron chi connectivity index (χ0n) is 17.3. The summed E-state index contributed by atoms with van der Waals surface area (Å²) in [5.41, 5.74) is 5.34. The number of nitrogens with one attached hydrogen (secondary N) is 1. The Bertz CT molecular complexity index is 1000. The lowest BCUT2D eigenvalue weighted by Gasteiger charge is -2.22. The zero-order valence-corrected chi connectivity index (χ0v) is 18.9. The molecule has 0 aliphatic heterocycles. The summed E-state index contributed by atoms with van der Waals surface area (Å²) >= 11 is 2.67. The lowest BCUT2D eigenvalue weighted by atomic mass is 9.85. The third-order valence-electron chi connectivity index (χ3n) is 4.67. The summed E-state index contributed by atoms with van der Waals surface area (Å²) in [6.07, 6.45) is 0. The molecule has 0 saturated carbocycles. The third kappa shape index (κ3) is 4.95. The predicted molar refractivity (Wildman–Crippen MR) is 126 cm³/mol. The average Bonchev–Trinajstić information content (AvgIpc) is 3.14. The first-order valence-electron chi connectivity index (χ1n) is 9.33. The number of rotatable bonds is 6. The Morgan fingerprint density at radius 3 is 2.34 bits per heavy atom. The molecule has 4 nitrogen and oxygen atoms in total. The third-order valence-corrected chi connectivity index (χ3v) is 6.47. The molecule has 0 radical (unpaired) electrons. The number of benzene rings is 2. The van der Waals surface area contributed by atoms with Gasteiger partial charge in [0.1, 0.15) is 4.88 Å². The maximum atomic E-state index is 11.4. The van der Waals surface area contributed by atoms with Gasteiger partial charge in [-0.3, -0.25) is 0 Å². The van der Waals surface area contributed by atoms with E-state index >= 15 is 0 Å². The quantitative estimate of drug-likeness (QED) is 0.435. The van der Waals surface area contributed by atoms with Crippen LogP contribution in [0.2, 0.25) is 0 Å². The molecule has 0 fully saturated rings. The topological polar surface area (TPSA) is 52.6 Å². The highest BCUT2D eigenvalue weighted by Crippen LogP contribution is 2.37. The molecule has 3 aromatic rings. The van der Waals surface area contributed by atoms with Crippen LogP contribution in [0.1, 0.15) is 36.0 Å². The Hall–Kier alpha value is -2.44. The van der Waals surface area contributed by atoms with Crippen LogP contribution >= 0.6 is 23.3 Å². The molecule has 0 bridgehead atoms. The summed E-state index contributed by atoms with van der Waals surface area (Å²) in [6, 6.07) is 16.8. The molecule has 29 heavy (non-hydrogen) atoms. The van der Waals surface area contributed by atoms with Gasteiger partial charge in [-0.05, 0) is 69.8 Å². The highest BCUT2D eigenvalue weighted by Gasteiger charge is 2.18. The summed E-state index contributed by atoms with van der Waals surface area (Å²) in [4.78, 5) is 14.8. The van der Waals surface area contributed by atoms with Gasteiger partial charge in [-0.1, -0.05) is 39.0 Å². The van der Waals surface area contributed by atoms with Crippen LogP contribution in [0.3, 0.4) is 0 Å².